The molecule has 0 atom stereocenters. The second-order valence-corrected chi connectivity index (χ2v) is 5.05. The molecule has 0 fully saturated rings. The molecule has 0 saturated heterocycles. The molecule has 1 N–H and O–H groups in total. The molecule has 5 heteroatoms. The quantitative estimate of drug-likeness (QED) is 0.786. The van der Waals surface area contributed by atoms with E-state index in [-0.39, 0.29) is 24.7 Å². The number of benzene rings is 2. The van der Waals surface area contributed by atoms with E-state index in [0.29, 0.717) is 17.1 Å². The molecule has 3 rings (SSSR count). The topological polar surface area (TPSA) is 55.1 Å². The lowest BCUT2D eigenvalue weighted by atomic mass is 10.1. The molecule has 116 valence electrons. The number of oxazole rings is 1. The van der Waals surface area contributed by atoms with Gasteiger partial charge < -0.3 is 9.73 Å². The molecule has 0 aliphatic carbocycles. The Morgan fingerprint density at radius 1 is 1.09 bits per heavy atom. The minimum atomic E-state index is -0.379. The third kappa shape index (κ3) is 3.83. The number of hydrogen-bond donors (Lipinski definition) is 1. The maximum atomic E-state index is 13.5. The Bertz CT molecular complexity index is 800. The van der Waals surface area contributed by atoms with Crippen molar-refractivity contribution < 1.29 is 13.6 Å². The van der Waals surface area contributed by atoms with Gasteiger partial charge in [0.2, 0.25) is 11.8 Å². The number of nitrogens with zero attached hydrogens (tertiary/aromatic N) is 1. The van der Waals surface area contributed by atoms with E-state index in [4.69, 9.17) is 4.42 Å². The smallest absolute Gasteiger partial charge is 0.226 e. The van der Waals surface area contributed by atoms with E-state index in [2.05, 4.69) is 10.3 Å². The molecule has 0 unspecified atom stereocenters. The summed E-state index contributed by atoms with van der Waals surface area (Å²) in [5.41, 5.74) is 1.86. The van der Waals surface area contributed by atoms with Crippen LogP contribution >= 0.6 is 0 Å². The molecule has 0 saturated carbocycles. The van der Waals surface area contributed by atoms with Crippen molar-refractivity contribution >= 4 is 5.91 Å². The first-order valence-corrected chi connectivity index (χ1v) is 7.22. The molecule has 4 nitrogen and oxygen atoms in total. The van der Waals surface area contributed by atoms with Crippen LogP contribution in [0, 0.1) is 5.82 Å². The molecule has 0 aliphatic heterocycles. The highest BCUT2D eigenvalue weighted by molar-refractivity contribution is 5.78. The summed E-state index contributed by atoms with van der Waals surface area (Å²) >= 11 is 0. The molecule has 0 aliphatic rings. The monoisotopic (exact) mass is 310 g/mol. The third-order valence-corrected chi connectivity index (χ3v) is 3.35. The predicted molar refractivity (Wildman–Crippen MR) is 83.9 cm³/mol. The van der Waals surface area contributed by atoms with Crippen molar-refractivity contribution in [1.29, 1.82) is 0 Å². The zero-order valence-electron chi connectivity index (χ0n) is 12.3. The first kappa shape index (κ1) is 15.0. The zero-order valence-corrected chi connectivity index (χ0v) is 12.3. The number of carbonyl (C=O) groups excluding carboxylic acids is 1. The lowest BCUT2D eigenvalue weighted by Crippen LogP contribution is -2.25. The number of nitrogens with one attached hydrogen (secondary N) is 1. The minimum Gasteiger partial charge on any atom is -0.444 e. The summed E-state index contributed by atoms with van der Waals surface area (Å²) in [6, 6.07) is 15.7. The van der Waals surface area contributed by atoms with Gasteiger partial charge in [0.15, 0.2) is 0 Å². The highest BCUT2D eigenvalue weighted by Gasteiger charge is 2.10. The molecule has 0 radical (unpaired) electrons. The number of amides is 1. The first-order chi connectivity index (χ1) is 11.2. The van der Waals surface area contributed by atoms with Gasteiger partial charge >= 0.3 is 0 Å². The van der Waals surface area contributed by atoms with Crippen LogP contribution in [0.25, 0.3) is 11.5 Å². The van der Waals surface area contributed by atoms with Gasteiger partial charge in [0, 0.05) is 5.56 Å². The van der Waals surface area contributed by atoms with Crippen LogP contribution in [-0.4, -0.2) is 10.9 Å². The van der Waals surface area contributed by atoms with E-state index in [0.717, 1.165) is 5.56 Å². The van der Waals surface area contributed by atoms with Crippen molar-refractivity contribution in [2.75, 3.05) is 0 Å². The Balaban J connectivity index is 1.58. The number of rotatable bonds is 5. The molecule has 1 amide bonds. The molecule has 23 heavy (non-hydrogen) atoms. The second kappa shape index (κ2) is 6.87. The Labute approximate surface area is 133 Å². The highest BCUT2D eigenvalue weighted by Crippen LogP contribution is 2.17. The largest absolute Gasteiger partial charge is 0.444 e. The molecule has 0 bridgehead atoms. The highest BCUT2D eigenvalue weighted by atomic mass is 19.1. The lowest BCUT2D eigenvalue weighted by molar-refractivity contribution is -0.120. The number of aromatic nitrogens is 1. The van der Waals surface area contributed by atoms with E-state index in [1.165, 1.54) is 12.3 Å². The summed E-state index contributed by atoms with van der Waals surface area (Å²) in [7, 11) is 0. The van der Waals surface area contributed by atoms with Crippen LogP contribution in [0.3, 0.4) is 0 Å². The maximum Gasteiger partial charge on any atom is 0.226 e. The summed E-state index contributed by atoms with van der Waals surface area (Å²) in [5, 5.41) is 2.71. The van der Waals surface area contributed by atoms with Crippen LogP contribution in [0.15, 0.2) is 65.3 Å². The Morgan fingerprint density at radius 3 is 2.61 bits per heavy atom. The molecule has 2 aromatic carbocycles. The SMILES string of the molecule is O=C(Cc1ccccc1F)NCc1coc(-c2ccccc2)n1. The molecule has 1 aromatic heterocycles. The standard InChI is InChI=1S/C18H15FN2O2/c19-16-9-5-4-8-14(16)10-17(22)20-11-15-12-23-18(21-15)13-6-2-1-3-7-13/h1-9,12H,10-11H2,(H,20,22). The van der Waals surface area contributed by atoms with E-state index >= 15 is 0 Å². The molecule has 3 aromatic rings. The Kier molecular flexibility index (Phi) is 4.47. The van der Waals surface area contributed by atoms with Gasteiger partial charge in [-0.1, -0.05) is 36.4 Å². The number of carbonyl (C=O) groups is 1. The van der Waals surface area contributed by atoms with Gasteiger partial charge in [0.1, 0.15) is 12.1 Å². The molecule has 0 spiro atoms. The second-order valence-electron chi connectivity index (χ2n) is 5.05. The van der Waals surface area contributed by atoms with E-state index in [1.54, 1.807) is 18.2 Å². The van der Waals surface area contributed by atoms with Gasteiger partial charge in [-0.3, -0.25) is 4.79 Å². The average molecular weight is 310 g/mol. The van der Waals surface area contributed by atoms with Gasteiger partial charge in [-0.15, -0.1) is 0 Å². The number of halogens is 1. The first-order valence-electron chi connectivity index (χ1n) is 7.22. The van der Waals surface area contributed by atoms with Crippen LogP contribution < -0.4 is 5.32 Å². The van der Waals surface area contributed by atoms with Gasteiger partial charge in [0.25, 0.3) is 0 Å². The molecule has 1 heterocycles. The fourth-order valence-electron chi connectivity index (χ4n) is 2.17. The molecular formula is C18H15FN2O2. The minimum absolute atomic E-state index is 0.00390. The zero-order chi connectivity index (χ0) is 16.1. The number of hydrogen-bond acceptors (Lipinski definition) is 3. The van der Waals surface area contributed by atoms with E-state index in [1.807, 2.05) is 30.3 Å². The van der Waals surface area contributed by atoms with Crippen molar-refractivity contribution in [3.8, 4) is 11.5 Å². The summed E-state index contributed by atoms with van der Waals surface area (Å²) in [6.45, 7) is 0.240. The average Bonchev–Trinajstić information content (AvgIpc) is 3.05. The normalized spacial score (nSPS) is 10.5. The maximum absolute atomic E-state index is 13.5. The Morgan fingerprint density at radius 2 is 1.83 bits per heavy atom. The molecular weight excluding hydrogens is 295 g/mol. The van der Waals surface area contributed by atoms with E-state index < -0.39 is 0 Å². The van der Waals surface area contributed by atoms with Crippen molar-refractivity contribution in [1.82, 2.24) is 10.3 Å². The van der Waals surface area contributed by atoms with Crippen LogP contribution in [-0.2, 0) is 17.8 Å². The summed E-state index contributed by atoms with van der Waals surface area (Å²) in [6.07, 6.45) is 1.50. The van der Waals surface area contributed by atoms with Crippen molar-refractivity contribution in [3.63, 3.8) is 0 Å². The van der Waals surface area contributed by atoms with Crippen LogP contribution in [0.4, 0.5) is 4.39 Å². The van der Waals surface area contributed by atoms with Gasteiger partial charge in [0.05, 0.1) is 18.7 Å². The van der Waals surface area contributed by atoms with Crippen molar-refractivity contribution in [2.24, 2.45) is 0 Å². The predicted octanol–water partition coefficient (Wildman–Crippen LogP) is 3.34. The van der Waals surface area contributed by atoms with Gasteiger partial charge in [-0.25, -0.2) is 9.37 Å². The van der Waals surface area contributed by atoms with E-state index in [9.17, 15) is 9.18 Å². The van der Waals surface area contributed by atoms with Crippen molar-refractivity contribution in [3.05, 3.63) is 77.9 Å². The summed E-state index contributed by atoms with van der Waals surface area (Å²) in [4.78, 5) is 16.2. The lowest BCUT2D eigenvalue weighted by Gasteiger charge is -2.04. The summed E-state index contributed by atoms with van der Waals surface area (Å²) < 4.78 is 18.9. The van der Waals surface area contributed by atoms with Gasteiger partial charge in [-0.05, 0) is 23.8 Å². The van der Waals surface area contributed by atoms with Crippen LogP contribution in [0.5, 0.6) is 0 Å². The third-order valence-electron chi connectivity index (χ3n) is 3.35. The van der Waals surface area contributed by atoms with Crippen molar-refractivity contribution in [2.45, 2.75) is 13.0 Å². The van der Waals surface area contributed by atoms with Crippen LogP contribution in [0.2, 0.25) is 0 Å². The fraction of sp³-hybridized carbons (Fsp3) is 0.111. The van der Waals surface area contributed by atoms with Crippen LogP contribution in [0.1, 0.15) is 11.3 Å². The Hall–Kier alpha value is -2.95. The fourth-order valence-corrected chi connectivity index (χ4v) is 2.17. The van der Waals surface area contributed by atoms with Gasteiger partial charge in [-0.2, -0.15) is 0 Å². The summed E-state index contributed by atoms with van der Waals surface area (Å²) in [5.74, 6) is -0.140.